The number of ether oxygens (including phenoxy) is 1. The summed E-state index contributed by atoms with van der Waals surface area (Å²) in [6, 6.07) is 4.92. The first-order valence-corrected chi connectivity index (χ1v) is 9.78. The number of hydrogen-bond acceptors (Lipinski definition) is 3. The SMILES string of the molecule is C[C@@H]1CCC[C@H](C)N1C(=O)[C@@H](C)[NH+](C)CC(=O)Nc1ccc(OC(F)(F)F)cc1. The lowest BCUT2D eigenvalue weighted by molar-refractivity contribution is -0.886. The van der Waals surface area contributed by atoms with Crippen LogP contribution in [-0.4, -0.2) is 54.8 Å². The van der Waals surface area contributed by atoms with Crippen LogP contribution in [0, 0.1) is 0 Å². The number of rotatable bonds is 6. The van der Waals surface area contributed by atoms with Crippen LogP contribution in [0.1, 0.15) is 40.0 Å². The Morgan fingerprint density at radius 3 is 2.28 bits per heavy atom. The van der Waals surface area contributed by atoms with Crippen LogP contribution in [-0.2, 0) is 9.59 Å². The molecule has 0 spiro atoms. The number of halogens is 3. The minimum Gasteiger partial charge on any atom is -0.406 e. The van der Waals surface area contributed by atoms with E-state index in [1.165, 1.54) is 12.1 Å². The van der Waals surface area contributed by atoms with Crippen molar-refractivity contribution < 1.29 is 32.4 Å². The Morgan fingerprint density at radius 2 is 1.76 bits per heavy atom. The van der Waals surface area contributed by atoms with Crippen LogP contribution in [0.25, 0.3) is 0 Å². The lowest BCUT2D eigenvalue weighted by Crippen LogP contribution is -3.15. The van der Waals surface area contributed by atoms with Gasteiger partial charge in [-0.3, -0.25) is 9.59 Å². The monoisotopic (exact) mass is 416 g/mol. The smallest absolute Gasteiger partial charge is 0.406 e. The largest absolute Gasteiger partial charge is 0.573 e. The molecule has 1 aliphatic rings. The van der Waals surface area contributed by atoms with Crippen LogP contribution in [0.2, 0.25) is 0 Å². The van der Waals surface area contributed by atoms with Gasteiger partial charge in [0.2, 0.25) is 0 Å². The minimum absolute atomic E-state index is 0.0312. The highest BCUT2D eigenvalue weighted by Gasteiger charge is 2.35. The number of nitrogens with zero attached hydrogens (tertiary/aromatic N) is 1. The second kappa shape index (κ2) is 9.47. The normalized spacial score (nSPS) is 22.0. The van der Waals surface area contributed by atoms with Crippen molar-refractivity contribution in [3.63, 3.8) is 0 Å². The molecule has 1 saturated heterocycles. The van der Waals surface area contributed by atoms with E-state index >= 15 is 0 Å². The highest BCUT2D eigenvalue weighted by Crippen LogP contribution is 2.24. The number of quaternary nitrogens is 1. The molecule has 1 heterocycles. The number of likely N-dealkylation sites (tertiary alicyclic amines) is 1. The summed E-state index contributed by atoms with van der Waals surface area (Å²) in [4.78, 5) is 27.9. The van der Waals surface area contributed by atoms with Crippen molar-refractivity contribution in [3.05, 3.63) is 24.3 Å². The molecule has 0 aliphatic carbocycles. The third kappa shape index (κ3) is 6.62. The zero-order chi connectivity index (χ0) is 21.8. The molecule has 162 valence electrons. The van der Waals surface area contributed by atoms with Crippen LogP contribution in [0.3, 0.4) is 0 Å². The van der Waals surface area contributed by atoms with Crippen LogP contribution in [0.5, 0.6) is 5.75 Å². The number of carbonyl (C=O) groups is 2. The predicted octanol–water partition coefficient (Wildman–Crippen LogP) is 2.22. The Morgan fingerprint density at radius 1 is 1.21 bits per heavy atom. The number of alkyl halides is 3. The number of piperidine rings is 1. The first kappa shape index (κ1) is 23.0. The van der Waals surface area contributed by atoms with E-state index < -0.39 is 6.36 Å². The van der Waals surface area contributed by atoms with Crippen molar-refractivity contribution in [2.24, 2.45) is 0 Å². The molecule has 0 aromatic heterocycles. The molecular weight excluding hydrogens is 387 g/mol. The van der Waals surface area contributed by atoms with Crippen LogP contribution >= 0.6 is 0 Å². The highest BCUT2D eigenvalue weighted by molar-refractivity contribution is 5.91. The third-order valence-electron chi connectivity index (χ3n) is 5.37. The molecule has 1 aliphatic heterocycles. The van der Waals surface area contributed by atoms with E-state index in [-0.39, 0.29) is 42.2 Å². The Hall–Kier alpha value is -2.29. The summed E-state index contributed by atoms with van der Waals surface area (Å²) in [6.07, 6.45) is -1.69. The first-order chi connectivity index (χ1) is 13.5. The third-order valence-corrected chi connectivity index (χ3v) is 5.37. The molecule has 9 heteroatoms. The van der Waals surface area contributed by atoms with Gasteiger partial charge in [-0.15, -0.1) is 13.2 Å². The van der Waals surface area contributed by atoms with Gasteiger partial charge in [0.05, 0.1) is 7.05 Å². The van der Waals surface area contributed by atoms with E-state index in [1.807, 2.05) is 11.8 Å². The summed E-state index contributed by atoms with van der Waals surface area (Å²) in [5.74, 6) is -0.655. The molecule has 29 heavy (non-hydrogen) atoms. The maximum atomic E-state index is 12.9. The Bertz CT molecular complexity index is 699. The van der Waals surface area contributed by atoms with E-state index in [0.29, 0.717) is 5.69 Å². The Kier molecular flexibility index (Phi) is 7.51. The van der Waals surface area contributed by atoms with Crippen LogP contribution in [0.15, 0.2) is 24.3 Å². The number of carbonyl (C=O) groups excluding carboxylic acids is 2. The fourth-order valence-electron chi connectivity index (χ4n) is 3.64. The number of anilines is 1. The van der Waals surface area contributed by atoms with Gasteiger partial charge < -0.3 is 19.9 Å². The van der Waals surface area contributed by atoms with Crippen molar-refractivity contribution in [3.8, 4) is 5.75 Å². The number of nitrogens with one attached hydrogen (secondary N) is 2. The van der Waals surface area contributed by atoms with Gasteiger partial charge in [-0.1, -0.05) is 0 Å². The summed E-state index contributed by atoms with van der Waals surface area (Å²) in [5.41, 5.74) is 0.356. The van der Waals surface area contributed by atoms with E-state index in [4.69, 9.17) is 0 Å². The second-order valence-corrected chi connectivity index (χ2v) is 7.74. The Labute approximate surface area is 169 Å². The fraction of sp³-hybridized carbons (Fsp3) is 0.600. The topological polar surface area (TPSA) is 63.1 Å². The molecule has 0 radical (unpaired) electrons. The molecule has 2 N–H and O–H groups in total. The van der Waals surface area contributed by atoms with Crippen molar-refractivity contribution >= 4 is 17.5 Å². The molecule has 4 atom stereocenters. The number of amides is 2. The lowest BCUT2D eigenvalue weighted by Gasteiger charge is -2.40. The first-order valence-electron chi connectivity index (χ1n) is 9.78. The summed E-state index contributed by atoms with van der Waals surface area (Å²) in [5, 5.41) is 2.63. The quantitative estimate of drug-likeness (QED) is 0.748. The summed E-state index contributed by atoms with van der Waals surface area (Å²) in [6.45, 7) is 5.97. The molecule has 1 fully saturated rings. The maximum Gasteiger partial charge on any atom is 0.573 e. The van der Waals surface area contributed by atoms with Gasteiger partial charge in [-0.25, -0.2) is 0 Å². The Balaban J connectivity index is 1.90. The van der Waals surface area contributed by atoms with Gasteiger partial charge in [0.25, 0.3) is 11.8 Å². The molecule has 2 rings (SSSR count). The number of hydrogen-bond donors (Lipinski definition) is 2. The summed E-state index contributed by atoms with van der Waals surface area (Å²) >= 11 is 0. The predicted molar refractivity (Wildman–Crippen MR) is 103 cm³/mol. The standard InChI is InChI=1S/C20H28F3N3O3/c1-13-6-5-7-14(2)26(13)19(28)15(3)25(4)12-18(27)24-16-8-10-17(11-9-16)29-20(21,22)23/h8-11,13-15H,5-7,12H2,1-4H3,(H,24,27)/p+1/t13-,14+,15-/m1/s1. The van der Waals surface area contributed by atoms with Crippen LogP contribution in [0.4, 0.5) is 18.9 Å². The van der Waals surface area contributed by atoms with Gasteiger partial charge in [-0.2, -0.15) is 0 Å². The summed E-state index contributed by atoms with van der Waals surface area (Å²) < 4.78 is 40.4. The highest BCUT2D eigenvalue weighted by atomic mass is 19.4. The number of benzene rings is 1. The maximum absolute atomic E-state index is 12.9. The molecule has 6 nitrogen and oxygen atoms in total. The van der Waals surface area contributed by atoms with Crippen molar-refractivity contribution in [2.75, 3.05) is 18.9 Å². The average molecular weight is 416 g/mol. The van der Waals surface area contributed by atoms with Gasteiger partial charge in [0.1, 0.15) is 5.75 Å². The lowest BCUT2D eigenvalue weighted by atomic mass is 9.96. The average Bonchev–Trinajstić information content (AvgIpc) is 2.61. The molecule has 1 aromatic rings. The molecular formula is C20H29F3N3O3+. The van der Waals surface area contributed by atoms with E-state index in [2.05, 4.69) is 23.9 Å². The van der Waals surface area contributed by atoms with E-state index in [0.717, 1.165) is 36.3 Å². The molecule has 2 amide bonds. The van der Waals surface area contributed by atoms with Gasteiger partial charge in [-0.05, 0) is 64.3 Å². The molecule has 0 bridgehead atoms. The van der Waals surface area contributed by atoms with Crippen molar-refractivity contribution in [1.29, 1.82) is 0 Å². The summed E-state index contributed by atoms with van der Waals surface area (Å²) in [7, 11) is 1.78. The zero-order valence-corrected chi connectivity index (χ0v) is 17.2. The van der Waals surface area contributed by atoms with Crippen LogP contribution < -0.4 is 15.0 Å². The fourth-order valence-corrected chi connectivity index (χ4v) is 3.64. The van der Waals surface area contributed by atoms with Gasteiger partial charge >= 0.3 is 6.36 Å². The van der Waals surface area contributed by atoms with Gasteiger partial charge in [0, 0.05) is 17.8 Å². The minimum atomic E-state index is -4.76. The molecule has 1 aromatic carbocycles. The van der Waals surface area contributed by atoms with Crippen molar-refractivity contribution in [1.82, 2.24) is 4.90 Å². The molecule has 1 unspecified atom stereocenters. The van der Waals surface area contributed by atoms with Crippen molar-refractivity contribution in [2.45, 2.75) is 64.5 Å². The zero-order valence-electron chi connectivity index (χ0n) is 17.2. The van der Waals surface area contributed by atoms with E-state index in [9.17, 15) is 22.8 Å². The van der Waals surface area contributed by atoms with Gasteiger partial charge in [0.15, 0.2) is 12.6 Å². The second-order valence-electron chi connectivity index (χ2n) is 7.74. The molecule has 0 saturated carbocycles. The van der Waals surface area contributed by atoms with E-state index in [1.54, 1.807) is 7.05 Å². The number of likely N-dealkylation sites (N-methyl/N-ethyl adjacent to an activating group) is 1.